The molecule has 0 spiro atoms. The van der Waals surface area contributed by atoms with Crippen LogP contribution in [-0.4, -0.2) is 42.7 Å². The van der Waals surface area contributed by atoms with Crippen molar-refractivity contribution in [3.8, 4) is 0 Å². The lowest BCUT2D eigenvalue weighted by molar-refractivity contribution is -0.121. The van der Waals surface area contributed by atoms with Crippen LogP contribution in [0.4, 0.5) is 5.69 Å². The molecule has 5 heteroatoms. The minimum absolute atomic E-state index is 0.00835. The van der Waals surface area contributed by atoms with Crippen molar-refractivity contribution in [3.05, 3.63) is 47.4 Å². The van der Waals surface area contributed by atoms with E-state index in [0.717, 1.165) is 16.4 Å². The maximum Gasteiger partial charge on any atom is 0.267 e. The van der Waals surface area contributed by atoms with Crippen molar-refractivity contribution >= 4 is 34.6 Å². The Labute approximate surface area is 142 Å². The predicted octanol–water partition coefficient (Wildman–Crippen LogP) is 3.62. The molecule has 0 saturated carbocycles. The molecule has 1 saturated heterocycles. The van der Waals surface area contributed by atoms with Crippen molar-refractivity contribution in [2.45, 2.75) is 19.9 Å². The van der Waals surface area contributed by atoms with Crippen LogP contribution in [0.15, 0.2) is 46.8 Å². The molecular formula is C18H23N3OS. The summed E-state index contributed by atoms with van der Waals surface area (Å²) in [6, 6.07) is 8.27. The van der Waals surface area contributed by atoms with Gasteiger partial charge in [0.15, 0.2) is 5.17 Å². The van der Waals surface area contributed by atoms with E-state index >= 15 is 0 Å². The first-order valence-electron chi connectivity index (χ1n) is 7.60. The van der Waals surface area contributed by atoms with Gasteiger partial charge in [0.2, 0.25) is 0 Å². The summed E-state index contributed by atoms with van der Waals surface area (Å²) in [6.07, 6.45) is 3.65. The Bertz CT molecular complexity index is 645. The van der Waals surface area contributed by atoms with Crippen LogP contribution in [0.5, 0.6) is 0 Å². The van der Waals surface area contributed by atoms with Crippen LogP contribution in [0.25, 0.3) is 6.08 Å². The molecule has 1 amide bonds. The number of carbonyl (C=O) groups excluding carboxylic acids is 1. The summed E-state index contributed by atoms with van der Waals surface area (Å²) in [5, 5.41) is 0.751. The van der Waals surface area contributed by atoms with Crippen LogP contribution < -0.4 is 4.90 Å². The number of anilines is 1. The maximum atomic E-state index is 12.6. The lowest BCUT2D eigenvalue weighted by Crippen LogP contribution is -2.29. The number of nitrogens with zero attached hydrogens (tertiary/aromatic N) is 3. The third kappa shape index (κ3) is 4.26. The van der Waals surface area contributed by atoms with E-state index < -0.39 is 0 Å². The largest absolute Gasteiger partial charge is 0.378 e. The Balaban J connectivity index is 2.28. The highest BCUT2D eigenvalue weighted by Gasteiger charge is 2.32. The van der Waals surface area contributed by atoms with Crippen molar-refractivity contribution in [1.29, 1.82) is 0 Å². The Morgan fingerprint density at radius 3 is 2.48 bits per heavy atom. The summed E-state index contributed by atoms with van der Waals surface area (Å²) in [5.41, 5.74) is 2.14. The number of aliphatic imine (C=N–C) groups is 1. The van der Waals surface area contributed by atoms with Gasteiger partial charge in [-0.25, -0.2) is 0 Å². The topological polar surface area (TPSA) is 35.9 Å². The van der Waals surface area contributed by atoms with Gasteiger partial charge < -0.3 is 4.90 Å². The van der Waals surface area contributed by atoms with Gasteiger partial charge in [-0.15, -0.1) is 6.58 Å². The smallest absolute Gasteiger partial charge is 0.267 e. The van der Waals surface area contributed by atoms with Crippen LogP contribution in [0.1, 0.15) is 19.4 Å². The highest BCUT2D eigenvalue weighted by atomic mass is 32.2. The Morgan fingerprint density at radius 1 is 1.30 bits per heavy atom. The molecule has 0 bridgehead atoms. The van der Waals surface area contributed by atoms with E-state index in [1.807, 2.05) is 63.2 Å². The minimum Gasteiger partial charge on any atom is -0.378 e. The van der Waals surface area contributed by atoms with E-state index in [0.29, 0.717) is 11.4 Å². The maximum absolute atomic E-state index is 12.6. The van der Waals surface area contributed by atoms with Gasteiger partial charge in [0.25, 0.3) is 5.91 Å². The molecule has 0 N–H and O–H groups in total. The molecular weight excluding hydrogens is 306 g/mol. The Kier molecular flexibility index (Phi) is 5.66. The molecule has 1 aliphatic heterocycles. The fraction of sp³-hybridized carbons (Fsp3) is 0.333. The van der Waals surface area contributed by atoms with E-state index in [2.05, 4.69) is 11.6 Å². The molecule has 1 fully saturated rings. The molecule has 0 aromatic heterocycles. The highest BCUT2D eigenvalue weighted by molar-refractivity contribution is 8.18. The zero-order chi connectivity index (χ0) is 17.0. The lowest BCUT2D eigenvalue weighted by Gasteiger charge is -2.13. The first-order chi connectivity index (χ1) is 10.9. The Morgan fingerprint density at radius 2 is 1.96 bits per heavy atom. The summed E-state index contributed by atoms with van der Waals surface area (Å²) in [6.45, 7) is 8.22. The molecule has 2 rings (SSSR count). The van der Waals surface area contributed by atoms with Gasteiger partial charge in [-0.05, 0) is 49.4 Å². The van der Waals surface area contributed by atoms with E-state index in [1.54, 1.807) is 11.0 Å². The molecule has 23 heavy (non-hydrogen) atoms. The normalized spacial score (nSPS) is 18.3. The van der Waals surface area contributed by atoms with Gasteiger partial charge in [0.1, 0.15) is 0 Å². The number of amidine groups is 1. The molecule has 0 aliphatic carbocycles. The number of thioether (sulfide) groups is 1. The van der Waals surface area contributed by atoms with Gasteiger partial charge in [-0.3, -0.25) is 14.7 Å². The molecule has 0 atom stereocenters. The molecule has 4 nitrogen and oxygen atoms in total. The van der Waals surface area contributed by atoms with Gasteiger partial charge in [0, 0.05) is 32.4 Å². The van der Waals surface area contributed by atoms with Crippen molar-refractivity contribution in [1.82, 2.24) is 4.90 Å². The molecule has 0 radical (unpaired) electrons. The average Bonchev–Trinajstić information content (AvgIpc) is 2.76. The lowest BCUT2D eigenvalue weighted by atomic mass is 10.2. The Hall–Kier alpha value is -2.01. The summed E-state index contributed by atoms with van der Waals surface area (Å²) in [7, 11) is 4.01. The highest BCUT2D eigenvalue weighted by Crippen LogP contribution is 2.33. The first-order valence-corrected chi connectivity index (χ1v) is 8.41. The number of hydrogen-bond donors (Lipinski definition) is 0. The van der Waals surface area contributed by atoms with E-state index in [1.165, 1.54) is 11.8 Å². The molecule has 1 aromatic rings. The second-order valence-corrected chi connectivity index (χ2v) is 6.82. The predicted molar refractivity (Wildman–Crippen MR) is 101 cm³/mol. The zero-order valence-electron chi connectivity index (χ0n) is 14.1. The summed E-state index contributed by atoms with van der Waals surface area (Å²) < 4.78 is 0. The van der Waals surface area contributed by atoms with E-state index in [9.17, 15) is 4.79 Å². The van der Waals surface area contributed by atoms with Crippen molar-refractivity contribution < 1.29 is 4.79 Å². The molecule has 122 valence electrons. The molecule has 1 heterocycles. The average molecular weight is 329 g/mol. The third-order valence-electron chi connectivity index (χ3n) is 3.28. The molecule has 0 unspecified atom stereocenters. The van der Waals surface area contributed by atoms with Crippen molar-refractivity contribution in [2.24, 2.45) is 4.99 Å². The van der Waals surface area contributed by atoms with Crippen molar-refractivity contribution in [3.63, 3.8) is 0 Å². The number of hydrogen-bond acceptors (Lipinski definition) is 4. The van der Waals surface area contributed by atoms with Crippen LogP contribution in [-0.2, 0) is 4.79 Å². The third-order valence-corrected chi connectivity index (χ3v) is 4.30. The number of amides is 1. The van der Waals surface area contributed by atoms with Crippen LogP contribution in [0.2, 0.25) is 0 Å². The fourth-order valence-corrected chi connectivity index (χ4v) is 3.26. The fourth-order valence-electron chi connectivity index (χ4n) is 2.14. The van der Waals surface area contributed by atoms with Gasteiger partial charge >= 0.3 is 0 Å². The van der Waals surface area contributed by atoms with Crippen LogP contribution in [0, 0.1) is 0 Å². The van der Waals surface area contributed by atoms with Gasteiger partial charge in [0.05, 0.1) is 4.91 Å². The summed E-state index contributed by atoms with van der Waals surface area (Å²) in [5.74, 6) is -0.00835. The quantitative estimate of drug-likeness (QED) is 0.611. The summed E-state index contributed by atoms with van der Waals surface area (Å²) >= 11 is 1.43. The molecule has 1 aliphatic rings. The second kappa shape index (κ2) is 7.51. The van der Waals surface area contributed by atoms with E-state index in [4.69, 9.17) is 0 Å². The zero-order valence-corrected chi connectivity index (χ0v) is 14.9. The monoisotopic (exact) mass is 329 g/mol. The minimum atomic E-state index is -0.00835. The second-order valence-electron chi connectivity index (χ2n) is 5.81. The van der Waals surface area contributed by atoms with Crippen LogP contribution in [0.3, 0.4) is 0 Å². The standard InChI is InChI=1S/C18H23N3OS/c1-6-11-21-17(22)16(23-18(21)19-13(2)3)12-14-7-9-15(10-8-14)20(4)5/h6-10,12-13H,1,11H2,2-5H3. The number of rotatable bonds is 5. The molecule has 1 aromatic carbocycles. The van der Waals surface area contributed by atoms with E-state index in [-0.39, 0.29) is 11.9 Å². The SMILES string of the molecule is C=CCN1C(=O)C(=Cc2ccc(N(C)C)cc2)SC1=NC(C)C. The number of benzene rings is 1. The summed E-state index contributed by atoms with van der Waals surface area (Å²) in [4.78, 5) is 21.5. The van der Waals surface area contributed by atoms with Crippen LogP contribution >= 0.6 is 11.8 Å². The van der Waals surface area contributed by atoms with Gasteiger partial charge in [-0.1, -0.05) is 18.2 Å². The van der Waals surface area contributed by atoms with Gasteiger partial charge in [-0.2, -0.15) is 0 Å². The van der Waals surface area contributed by atoms with Crippen molar-refractivity contribution in [2.75, 3.05) is 25.5 Å². The first kappa shape index (κ1) is 17.3. The number of carbonyl (C=O) groups is 1.